The topological polar surface area (TPSA) is 35.5 Å². The fraction of sp³-hybridized carbons (Fsp3) is 0.385. The zero-order chi connectivity index (χ0) is 12.7. The fourth-order valence-electron chi connectivity index (χ4n) is 1.52. The lowest BCUT2D eigenvalue weighted by Gasteiger charge is -2.18. The van der Waals surface area contributed by atoms with Crippen LogP contribution < -0.4 is 0 Å². The van der Waals surface area contributed by atoms with Gasteiger partial charge in [0, 0.05) is 0 Å². The Morgan fingerprint density at radius 1 is 1.18 bits per heavy atom. The summed E-state index contributed by atoms with van der Waals surface area (Å²) in [6, 6.07) is 9.65. The van der Waals surface area contributed by atoms with Gasteiger partial charge >= 0.3 is 7.60 Å². The summed E-state index contributed by atoms with van der Waals surface area (Å²) in [6.45, 7) is 8.30. The van der Waals surface area contributed by atoms with E-state index in [9.17, 15) is 4.57 Å². The third-order valence-corrected chi connectivity index (χ3v) is 4.29. The summed E-state index contributed by atoms with van der Waals surface area (Å²) in [4.78, 5) is 0. The molecule has 94 valence electrons. The van der Waals surface area contributed by atoms with Crippen LogP contribution in [-0.4, -0.2) is 19.4 Å². The minimum absolute atomic E-state index is 0.235. The number of rotatable bonds is 7. The summed E-state index contributed by atoms with van der Waals surface area (Å²) in [5.41, 5.74) is 1.74. The summed E-state index contributed by atoms with van der Waals surface area (Å²) in [6.07, 6.45) is 0.235. The van der Waals surface area contributed by atoms with Gasteiger partial charge in [-0.05, 0) is 25.0 Å². The SMILES string of the molecule is C=C(CP(=O)(OCC)OCC)c1ccccc1. The Morgan fingerprint density at radius 2 is 1.71 bits per heavy atom. The van der Waals surface area contributed by atoms with Crippen LogP contribution in [0.1, 0.15) is 19.4 Å². The first-order valence-electron chi connectivity index (χ1n) is 5.72. The van der Waals surface area contributed by atoms with E-state index in [0.717, 1.165) is 11.1 Å². The van der Waals surface area contributed by atoms with Crippen LogP contribution in [0.15, 0.2) is 36.9 Å². The first-order valence-corrected chi connectivity index (χ1v) is 7.45. The van der Waals surface area contributed by atoms with Crippen molar-refractivity contribution < 1.29 is 13.6 Å². The first kappa shape index (κ1) is 14.2. The van der Waals surface area contributed by atoms with E-state index in [0.29, 0.717) is 13.2 Å². The molecule has 0 amide bonds. The summed E-state index contributed by atoms with van der Waals surface area (Å²) >= 11 is 0. The molecule has 0 fully saturated rings. The van der Waals surface area contributed by atoms with Crippen LogP contribution in [0.5, 0.6) is 0 Å². The second-order valence-electron chi connectivity index (χ2n) is 3.57. The van der Waals surface area contributed by atoms with Crippen LogP contribution in [-0.2, 0) is 13.6 Å². The van der Waals surface area contributed by atoms with Crippen LogP contribution in [0.2, 0.25) is 0 Å². The van der Waals surface area contributed by atoms with Crippen LogP contribution in [0.25, 0.3) is 5.57 Å². The van der Waals surface area contributed by atoms with Gasteiger partial charge in [0.1, 0.15) is 0 Å². The standard InChI is InChI=1S/C13H19O3P/c1-4-15-17(14,16-5-2)11-12(3)13-9-7-6-8-10-13/h6-10H,3-5,11H2,1-2H3. The Labute approximate surface area is 103 Å². The molecule has 1 aromatic carbocycles. The van der Waals surface area contributed by atoms with Crippen LogP contribution >= 0.6 is 7.60 Å². The Bertz CT molecular complexity index is 390. The zero-order valence-electron chi connectivity index (χ0n) is 10.4. The van der Waals surface area contributed by atoms with E-state index in [1.165, 1.54) is 0 Å². The van der Waals surface area contributed by atoms with E-state index < -0.39 is 7.60 Å². The molecule has 0 saturated heterocycles. The molecule has 1 aromatic rings. The molecular weight excluding hydrogens is 235 g/mol. The lowest BCUT2D eigenvalue weighted by molar-refractivity contribution is 0.223. The molecule has 0 aliphatic rings. The molecule has 0 spiro atoms. The van der Waals surface area contributed by atoms with Crippen LogP contribution in [0, 0.1) is 0 Å². The van der Waals surface area contributed by atoms with Crippen LogP contribution in [0.4, 0.5) is 0 Å². The van der Waals surface area contributed by atoms with E-state index in [1.54, 1.807) is 13.8 Å². The Balaban J connectivity index is 2.74. The van der Waals surface area contributed by atoms with Gasteiger partial charge in [0.15, 0.2) is 0 Å². The molecular formula is C13H19O3P. The highest BCUT2D eigenvalue weighted by atomic mass is 31.2. The van der Waals surface area contributed by atoms with E-state index >= 15 is 0 Å². The molecule has 0 radical (unpaired) electrons. The molecule has 1 rings (SSSR count). The molecule has 0 aliphatic heterocycles. The van der Waals surface area contributed by atoms with E-state index in [4.69, 9.17) is 9.05 Å². The summed E-state index contributed by atoms with van der Waals surface area (Å²) < 4.78 is 22.8. The molecule has 0 aliphatic carbocycles. The lowest BCUT2D eigenvalue weighted by Crippen LogP contribution is -2.01. The largest absolute Gasteiger partial charge is 0.335 e. The van der Waals surface area contributed by atoms with Crippen LogP contribution in [0.3, 0.4) is 0 Å². The molecule has 0 unspecified atom stereocenters. The van der Waals surface area contributed by atoms with Gasteiger partial charge in [0.2, 0.25) is 0 Å². The van der Waals surface area contributed by atoms with Gasteiger partial charge < -0.3 is 9.05 Å². The number of benzene rings is 1. The van der Waals surface area contributed by atoms with Gasteiger partial charge in [-0.1, -0.05) is 36.9 Å². The molecule has 3 nitrogen and oxygen atoms in total. The molecule has 0 saturated carbocycles. The molecule has 0 atom stereocenters. The Hall–Kier alpha value is -0.890. The highest BCUT2D eigenvalue weighted by molar-refractivity contribution is 7.54. The highest BCUT2D eigenvalue weighted by Crippen LogP contribution is 2.50. The van der Waals surface area contributed by atoms with Crippen molar-refractivity contribution in [1.29, 1.82) is 0 Å². The quantitative estimate of drug-likeness (QED) is 0.691. The normalized spacial score (nSPS) is 11.4. The molecule has 0 heterocycles. The van der Waals surface area contributed by atoms with Crippen molar-refractivity contribution in [2.75, 3.05) is 19.4 Å². The minimum atomic E-state index is -3.04. The van der Waals surface area contributed by atoms with Gasteiger partial charge in [0.25, 0.3) is 0 Å². The minimum Gasteiger partial charge on any atom is -0.309 e. The Morgan fingerprint density at radius 3 is 2.18 bits per heavy atom. The van der Waals surface area contributed by atoms with Gasteiger partial charge in [-0.3, -0.25) is 4.57 Å². The average Bonchev–Trinajstić information content (AvgIpc) is 2.30. The van der Waals surface area contributed by atoms with Crippen molar-refractivity contribution in [3.63, 3.8) is 0 Å². The van der Waals surface area contributed by atoms with Crippen molar-refractivity contribution in [3.8, 4) is 0 Å². The average molecular weight is 254 g/mol. The molecule has 0 aromatic heterocycles. The number of allylic oxidation sites excluding steroid dienone is 1. The molecule has 0 bridgehead atoms. The zero-order valence-corrected chi connectivity index (χ0v) is 11.3. The van der Waals surface area contributed by atoms with Gasteiger partial charge in [-0.15, -0.1) is 0 Å². The van der Waals surface area contributed by atoms with E-state index in [1.807, 2.05) is 30.3 Å². The van der Waals surface area contributed by atoms with Crippen molar-refractivity contribution in [1.82, 2.24) is 0 Å². The van der Waals surface area contributed by atoms with Gasteiger partial charge in [-0.2, -0.15) is 0 Å². The Kier molecular flexibility index (Phi) is 5.63. The third-order valence-electron chi connectivity index (χ3n) is 2.22. The summed E-state index contributed by atoms with van der Waals surface area (Å²) in [5.74, 6) is 0. The van der Waals surface area contributed by atoms with Crippen molar-refractivity contribution >= 4 is 13.2 Å². The molecule has 17 heavy (non-hydrogen) atoms. The predicted molar refractivity (Wildman–Crippen MR) is 71.2 cm³/mol. The van der Waals surface area contributed by atoms with E-state index in [-0.39, 0.29) is 6.16 Å². The number of hydrogen-bond donors (Lipinski definition) is 0. The van der Waals surface area contributed by atoms with Crippen molar-refractivity contribution in [3.05, 3.63) is 42.5 Å². The second-order valence-corrected chi connectivity index (χ2v) is 5.63. The maximum absolute atomic E-state index is 12.3. The maximum atomic E-state index is 12.3. The number of hydrogen-bond acceptors (Lipinski definition) is 3. The molecule has 4 heteroatoms. The molecule has 0 N–H and O–H groups in total. The van der Waals surface area contributed by atoms with Gasteiger partial charge in [-0.25, -0.2) is 0 Å². The fourth-order valence-corrected chi connectivity index (χ4v) is 3.21. The highest BCUT2D eigenvalue weighted by Gasteiger charge is 2.24. The monoisotopic (exact) mass is 254 g/mol. The lowest BCUT2D eigenvalue weighted by atomic mass is 10.1. The van der Waals surface area contributed by atoms with Crippen molar-refractivity contribution in [2.45, 2.75) is 13.8 Å². The third kappa shape index (κ3) is 4.47. The predicted octanol–water partition coefficient (Wildman–Crippen LogP) is 3.97. The summed E-state index contributed by atoms with van der Waals surface area (Å²) in [5, 5.41) is 0. The van der Waals surface area contributed by atoms with Gasteiger partial charge in [0.05, 0.1) is 19.4 Å². The maximum Gasteiger partial charge on any atom is 0.335 e. The van der Waals surface area contributed by atoms with E-state index in [2.05, 4.69) is 6.58 Å². The first-order chi connectivity index (χ1) is 8.11. The second kappa shape index (κ2) is 6.75. The summed E-state index contributed by atoms with van der Waals surface area (Å²) in [7, 11) is -3.04. The smallest absolute Gasteiger partial charge is 0.309 e. The van der Waals surface area contributed by atoms with Crippen molar-refractivity contribution in [2.24, 2.45) is 0 Å².